The van der Waals surface area contributed by atoms with E-state index in [4.69, 9.17) is 4.74 Å². The molecule has 5 rings (SSSR count). The molecule has 1 unspecified atom stereocenters. The maximum absolute atomic E-state index is 12.8. The van der Waals surface area contributed by atoms with Crippen molar-refractivity contribution in [3.05, 3.63) is 82.6 Å². The summed E-state index contributed by atoms with van der Waals surface area (Å²) in [5.74, 6) is -0.0633. The van der Waals surface area contributed by atoms with Gasteiger partial charge in [-0.15, -0.1) is 10.2 Å². The quantitative estimate of drug-likeness (QED) is 0.226. The van der Waals surface area contributed by atoms with E-state index in [1.54, 1.807) is 0 Å². The maximum atomic E-state index is 12.8. The molecule has 0 spiro atoms. The third-order valence-corrected chi connectivity index (χ3v) is 7.66. The number of nitrogens with one attached hydrogen (secondary N) is 1. The Balaban J connectivity index is 1.34. The summed E-state index contributed by atoms with van der Waals surface area (Å²) in [6.45, 7) is 0. The highest BCUT2D eigenvalue weighted by atomic mass is 79.9. The molecule has 1 aliphatic carbocycles. The molecule has 1 saturated carbocycles. The number of hydrogen-bond acceptors (Lipinski definition) is 6. The van der Waals surface area contributed by atoms with E-state index in [-0.39, 0.29) is 11.7 Å². The predicted octanol–water partition coefficient (Wildman–Crippen LogP) is 5.05. The summed E-state index contributed by atoms with van der Waals surface area (Å²) in [4.78, 5) is 25.1. The van der Waals surface area contributed by atoms with Gasteiger partial charge in [0.15, 0.2) is 5.16 Å². The standard InChI is InChI=1S/C27H25BrN4O3S/c1-35-25(34)22(15-17-7-3-2-4-8-17)29-24(33)16-36-27-31-30-26(28)32(27)23-14-13-19(18-11-12-18)20-9-5-6-10-21(20)23/h2-10,13-14,18,22H,11-12,15-16H2,1H3,(H,29,33). The third kappa shape index (κ3) is 5.32. The number of hydrogen-bond donors (Lipinski definition) is 1. The number of halogens is 1. The van der Waals surface area contributed by atoms with Crippen LogP contribution >= 0.6 is 27.7 Å². The first-order chi connectivity index (χ1) is 17.5. The van der Waals surface area contributed by atoms with Gasteiger partial charge in [-0.05, 0) is 57.3 Å². The van der Waals surface area contributed by atoms with Crippen molar-refractivity contribution in [2.24, 2.45) is 0 Å². The van der Waals surface area contributed by atoms with Crippen molar-refractivity contribution in [3.63, 3.8) is 0 Å². The molecule has 0 radical (unpaired) electrons. The number of carbonyl (C=O) groups is 2. The molecule has 0 aliphatic heterocycles. The fraction of sp³-hybridized carbons (Fsp3) is 0.259. The Kier molecular flexibility index (Phi) is 7.38. The normalized spacial score (nSPS) is 13.9. The van der Waals surface area contributed by atoms with Crippen LogP contribution in [0.15, 0.2) is 76.6 Å². The lowest BCUT2D eigenvalue weighted by atomic mass is 9.99. The van der Waals surface area contributed by atoms with Gasteiger partial charge in [0, 0.05) is 11.8 Å². The summed E-state index contributed by atoms with van der Waals surface area (Å²) in [6.07, 6.45) is 2.81. The average Bonchev–Trinajstić information content (AvgIpc) is 3.69. The van der Waals surface area contributed by atoms with Crippen LogP contribution in [0.5, 0.6) is 0 Å². The highest BCUT2D eigenvalue weighted by molar-refractivity contribution is 9.10. The summed E-state index contributed by atoms with van der Waals surface area (Å²) in [7, 11) is 1.32. The van der Waals surface area contributed by atoms with E-state index in [0.29, 0.717) is 22.2 Å². The van der Waals surface area contributed by atoms with E-state index in [9.17, 15) is 9.59 Å². The first-order valence-electron chi connectivity index (χ1n) is 11.7. The lowest BCUT2D eigenvalue weighted by Gasteiger charge is -2.17. The molecule has 1 heterocycles. The summed E-state index contributed by atoms with van der Waals surface area (Å²) in [5, 5.41) is 14.2. The molecular weight excluding hydrogens is 540 g/mol. The Morgan fingerprint density at radius 3 is 2.50 bits per heavy atom. The van der Waals surface area contributed by atoms with Crippen molar-refractivity contribution in [1.29, 1.82) is 0 Å². The minimum Gasteiger partial charge on any atom is -0.467 e. The Morgan fingerprint density at radius 1 is 1.06 bits per heavy atom. The zero-order valence-electron chi connectivity index (χ0n) is 19.7. The van der Waals surface area contributed by atoms with Gasteiger partial charge in [-0.2, -0.15) is 0 Å². The van der Waals surface area contributed by atoms with Gasteiger partial charge in [-0.3, -0.25) is 9.36 Å². The number of ether oxygens (including phenoxy) is 1. The molecule has 0 bridgehead atoms. The third-order valence-electron chi connectivity index (χ3n) is 6.22. The highest BCUT2D eigenvalue weighted by Gasteiger charge is 2.27. The Morgan fingerprint density at radius 2 is 1.78 bits per heavy atom. The van der Waals surface area contributed by atoms with Crippen molar-refractivity contribution in [2.75, 3.05) is 12.9 Å². The lowest BCUT2D eigenvalue weighted by molar-refractivity contribution is -0.144. The smallest absolute Gasteiger partial charge is 0.328 e. The van der Waals surface area contributed by atoms with Crippen molar-refractivity contribution < 1.29 is 14.3 Å². The van der Waals surface area contributed by atoms with E-state index in [2.05, 4.69) is 61.8 Å². The number of nitrogens with zero attached hydrogens (tertiary/aromatic N) is 3. The first kappa shape index (κ1) is 24.5. The zero-order valence-corrected chi connectivity index (χ0v) is 22.1. The summed E-state index contributed by atoms with van der Waals surface area (Å²) < 4.78 is 7.38. The predicted molar refractivity (Wildman–Crippen MR) is 143 cm³/mol. The number of thioether (sulfide) groups is 1. The minimum atomic E-state index is -0.769. The number of aromatic nitrogens is 3. The molecule has 3 aromatic carbocycles. The molecule has 1 amide bonds. The number of carbonyl (C=O) groups excluding carboxylic acids is 2. The van der Waals surface area contributed by atoms with Crippen LogP contribution in [0.1, 0.15) is 29.9 Å². The van der Waals surface area contributed by atoms with Crippen LogP contribution < -0.4 is 5.32 Å². The molecule has 4 aromatic rings. The summed E-state index contributed by atoms with van der Waals surface area (Å²) >= 11 is 4.79. The van der Waals surface area contributed by atoms with Crippen molar-refractivity contribution in [3.8, 4) is 5.69 Å². The second-order valence-corrected chi connectivity index (χ2v) is 10.4. The molecule has 1 fully saturated rings. The Hall–Kier alpha value is -3.17. The van der Waals surface area contributed by atoms with E-state index in [0.717, 1.165) is 16.6 Å². The Labute approximate surface area is 221 Å². The largest absolute Gasteiger partial charge is 0.467 e. The molecule has 7 nitrogen and oxygen atoms in total. The highest BCUT2D eigenvalue weighted by Crippen LogP contribution is 2.44. The number of fused-ring (bicyclic) bond motifs is 1. The van der Waals surface area contributed by atoms with Crippen LogP contribution in [-0.4, -0.2) is 45.5 Å². The SMILES string of the molecule is COC(=O)C(Cc1ccccc1)NC(=O)CSc1nnc(Br)n1-c1ccc(C2CC2)c2ccccc12. The lowest BCUT2D eigenvalue weighted by Crippen LogP contribution is -2.43. The van der Waals surface area contributed by atoms with Crippen LogP contribution in [0.4, 0.5) is 0 Å². The second kappa shape index (κ2) is 10.8. The van der Waals surface area contributed by atoms with Gasteiger partial charge in [0.05, 0.1) is 18.6 Å². The number of rotatable bonds is 9. The molecule has 9 heteroatoms. The van der Waals surface area contributed by atoms with Crippen LogP contribution in [0.25, 0.3) is 16.5 Å². The van der Waals surface area contributed by atoms with E-state index < -0.39 is 12.0 Å². The molecule has 184 valence electrons. The summed E-state index contributed by atoms with van der Waals surface area (Å²) in [6, 6.07) is 21.4. The van der Waals surface area contributed by atoms with Gasteiger partial charge < -0.3 is 10.1 Å². The van der Waals surface area contributed by atoms with E-state index in [1.807, 2.05) is 41.0 Å². The maximum Gasteiger partial charge on any atom is 0.328 e. The molecule has 1 atom stereocenters. The molecule has 1 N–H and O–H groups in total. The van der Waals surface area contributed by atoms with E-state index in [1.165, 1.54) is 42.7 Å². The number of esters is 1. The number of amides is 1. The van der Waals surface area contributed by atoms with Crippen LogP contribution in [0.2, 0.25) is 0 Å². The molecule has 1 aromatic heterocycles. The molecular formula is C27H25BrN4O3S. The molecule has 36 heavy (non-hydrogen) atoms. The van der Waals surface area contributed by atoms with Crippen molar-refractivity contribution >= 4 is 50.3 Å². The van der Waals surface area contributed by atoms with Gasteiger partial charge in [-0.25, -0.2) is 4.79 Å². The van der Waals surface area contributed by atoms with Crippen molar-refractivity contribution in [1.82, 2.24) is 20.1 Å². The van der Waals surface area contributed by atoms with Gasteiger partial charge in [0.25, 0.3) is 0 Å². The second-order valence-electron chi connectivity index (χ2n) is 8.70. The summed E-state index contributed by atoms with van der Waals surface area (Å²) in [5.41, 5.74) is 3.26. The van der Waals surface area contributed by atoms with Crippen molar-refractivity contribution in [2.45, 2.75) is 36.4 Å². The van der Waals surface area contributed by atoms with Crippen LogP contribution in [0, 0.1) is 0 Å². The molecule has 1 aliphatic rings. The number of benzene rings is 3. The average molecular weight is 565 g/mol. The van der Waals surface area contributed by atoms with Gasteiger partial charge in [0.1, 0.15) is 6.04 Å². The number of methoxy groups -OCH3 is 1. The van der Waals surface area contributed by atoms with Crippen LogP contribution in [-0.2, 0) is 20.7 Å². The zero-order chi connectivity index (χ0) is 25.1. The molecule has 0 saturated heterocycles. The fourth-order valence-electron chi connectivity index (χ4n) is 4.35. The first-order valence-corrected chi connectivity index (χ1v) is 13.5. The monoisotopic (exact) mass is 564 g/mol. The fourth-order valence-corrected chi connectivity index (χ4v) is 5.66. The van der Waals surface area contributed by atoms with Gasteiger partial charge in [0.2, 0.25) is 10.6 Å². The van der Waals surface area contributed by atoms with Gasteiger partial charge in [-0.1, -0.05) is 72.4 Å². The van der Waals surface area contributed by atoms with Gasteiger partial charge >= 0.3 is 5.97 Å². The minimum absolute atomic E-state index is 0.0749. The Bertz CT molecular complexity index is 1400. The van der Waals surface area contributed by atoms with Crippen LogP contribution in [0.3, 0.4) is 0 Å². The van der Waals surface area contributed by atoms with E-state index >= 15 is 0 Å². The topological polar surface area (TPSA) is 86.1 Å².